The molecule has 9 nitrogen and oxygen atoms in total. The lowest BCUT2D eigenvalue weighted by Gasteiger charge is -2.29. The van der Waals surface area contributed by atoms with Gasteiger partial charge < -0.3 is 37.4 Å². The number of carboxylic acid groups (broad SMARTS) is 1. The Balaban J connectivity index is 1.71. The van der Waals surface area contributed by atoms with Crippen LogP contribution in [0.2, 0.25) is 6.04 Å². The monoisotopic (exact) mass is 817 g/mol. The number of hydrogen-bond acceptors (Lipinski definition) is 9. The first-order valence-corrected chi connectivity index (χ1v) is 17.7. The summed E-state index contributed by atoms with van der Waals surface area (Å²) in [6.45, 7) is 7.02. The molecule has 0 saturated carbocycles. The molecule has 0 saturated heterocycles. The molecule has 0 radical (unpaired) electrons. The molecule has 0 aromatic heterocycles. The standard InChI is InChI=1S/C30H32I2O9Si/c1-4-38-42(39-5-2,40-6-3)16-15-18(33)17-37-24-14-12-22-25(19-9-7-8-10-20(19)30(35)36)21-11-13-23(34)26(31)28(21)41-29(22)27(24)32/h7-14,18,33H,4-6,15-17H2,1-3H3,(H,35,36)/p-1. The number of carbonyl (C=O) groups excluding carboxylic acids is 1. The first kappa shape index (κ1) is 32.8. The normalized spacial score (nSPS) is 12.6. The summed E-state index contributed by atoms with van der Waals surface area (Å²) in [6, 6.07) is 13.7. The Labute approximate surface area is 272 Å². The number of aromatic carboxylic acids is 1. The van der Waals surface area contributed by atoms with Crippen LogP contribution in [0.5, 0.6) is 5.75 Å². The number of rotatable bonds is 14. The second-order valence-electron chi connectivity index (χ2n) is 9.30. The van der Waals surface area contributed by atoms with E-state index in [9.17, 15) is 19.8 Å². The van der Waals surface area contributed by atoms with Crippen LogP contribution in [0.3, 0.4) is 0 Å². The minimum atomic E-state index is -2.91. The first-order valence-electron chi connectivity index (χ1n) is 13.6. The average Bonchev–Trinajstić information content (AvgIpc) is 2.97. The van der Waals surface area contributed by atoms with E-state index in [4.69, 9.17) is 22.4 Å². The van der Waals surface area contributed by atoms with E-state index >= 15 is 0 Å². The highest BCUT2D eigenvalue weighted by Gasteiger charge is 2.40. The zero-order chi connectivity index (χ0) is 30.4. The molecule has 4 rings (SSSR count). The van der Waals surface area contributed by atoms with E-state index in [0.29, 0.717) is 78.6 Å². The number of ether oxygens (including phenoxy) is 1. The molecule has 2 aromatic carbocycles. The Kier molecular flexibility index (Phi) is 11.4. The predicted molar refractivity (Wildman–Crippen MR) is 176 cm³/mol. The molecule has 224 valence electrons. The average molecular weight is 817 g/mol. The van der Waals surface area contributed by atoms with Gasteiger partial charge in [0.25, 0.3) is 0 Å². The Hall–Kier alpha value is -2.08. The van der Waals surface area contributed by atoms with E-state index in [2.05, 4.69) is 22.6 Å². The maximum Gasteiger partial charge on any atom is 0.501 e. The summed E-state index contributed by atoms with van der Waals surface area (Å²) in [5.41, 5.74) is 1.90. The number of carboxylic acids is 1. The fraction of sp³-hybridized carbons (Fsp3) is 0.333. The van der Waals surface area contributed by atoms with Gasteiger partial charge in [0.15, 0.2) is 16.8 Å². The predicted octanol–water partition coefficient (Wildman–Crippen LogP) is 5.32. The van der Waals surface area contributed by atoms with E-state index in [1.807, 2.05) is 43.4 Å². The smallest absolute Gasteiger partial charge is 0.501 e. The highest BCUT2D eigenvalue weighted by Crippen LogP contribution is 2.45. The second kappa shape index (κ2) is 14.6. The second-order valence-corrected chi connectivity index (χ2v) is 14.2. The maximum absolute atomic E-state index is 12.5. The van der Waals surface area contributed by atoms with Gasteiger partial charge in [-0.3, -0.25) is 4.79 Å². The van der Waals surface area contributed by atoms with Crippen LogP contribution in [-0.4, -0.2) is 52.4 Å². The third-order valence-corrected chi connectivity index (χ3v) is 11.7. The van der Waals surface area contributed by atoms with Crippen molar-refractivity contribution in [3.63, 3.8) is 0 Å². The lowest BCUT2D eigenvalue weighted by atomic mass is 9.91. The SMILES string of the molecule is CCO[Si](CCC(O)COc1ccc2c(-c3ccccc3C(=O)[O-])c3ccc(=O)c(I)c-3oc2c1I)(OCC)OCC. The van der Waals surface area contributed by atoms with Crippen molar-refractivity contribution >= 4 is 70.9 Å². The molecule has 0 fully saturated rings. The van der Waals surface area contributed by atoms with Gasteiger partial charge >= 0.3 is 8.80 Å². The molecule has 1 aliphatic carbocycles. The number of hydrogen-bond donors (Lipinski definition) is 1. The minimum absolute atomic E-state index is 0.00651. The minimum Gasteiger partial charge on any atom is -0.545 e. The van der Waals surface area contributed by atoms with Crippen LogP contribution in [0, 0.1) is 7.14 Å². The topological polar surface area (TPSA) is 127 Å². The number of benzene rings is 3. The maximum atomic E-state index is 12.5. The fourth-order valence-corrected chi connectivity index (χ4v) is 8.82. The summed E-state index contributed by atoms with van der Waals surface area (Å²) in [5, 5.41) is 23.4. The molecular formula is C30H31I2O9Si-. The van der Waals surface area contributed by atoms with E-state index in [1.54, 1.807) is 36.4 Å². The number of halogens is 2. The highest BCUT2D eigenvalue weighted by molar-refractivity contribution is 14.1. The van der Waals surface area contributed by atoms with Gasteiger partial charge in [-0.25, -0.2) is 0 Å². The fourth-order valence-electron chi connectivity index (χ4n) is 4.81. The van der Waals surface area contributed by atoms with E-state index in [-0.39, 0.29) is 17.6 Å². The molecule has 12 heteroatoms. The van der Waals surface area contributed by atoms with Gasteiger partial charge in [-0.15, -0.1) is 0 Å². The largest absolute Gasteiger partial charge is 0.545 e. The van der Waals surface area contributed by atoms with Crippen LogP contribution in [0.25, 0.3) is 33.4 Å². The third-order valence-electron chi connectivity index (χ3n) is 6.59. The highest BCUT2D eigenvalue weighted by atomic mass is 127. The molecule has 1 unspecified atom stereocenters. The summed E-state index contributed by atoms with van der Waals surface area (Å²) >= 11 is 4.04. The molecule has 0 spiro atoms. The molecule has 2 aliphatic rings. The van der Waals surface area contributed by atoms with Crippen molar-refractivity contribution in [3.8, 4) is 28.2 Å². The lowest BCUT2D eigenvalue weighted by Crippen LogP contribution is -2.46. The number of carbonyl (C=O) groups is 1. The number of aliphatic hydroxyl groups excluding tert-OH is 1. The van der Waals surface area contributed by atoms with E-state index in [0.717, 1.165) is 0 Å². The molecule has 2 aromatic rings. The molecule has 1 aliphatic heterocycles. The summed E-state index contributed by atoms with van der Waals surface area (Å²) in [6.07, 6.45) is -0.451. The van der Waals surface area contributed by atoms with E-state index < -0.39 is 20.9 Å². The van der Waals surface area contributed by atoms with Gasteiger partial charge in [0, 0.05) is 47.9 Å². The van der Waals surface area contributed by atoms with Crippen molar-refractivity contribution in [1.82, 2.24) is 0 Å². The summed E-state index contributed by atoms with van der Waals surface area (Å²) < 4.78 is 31.0. The van der Waals surface area contributed by atoms with Crippen molar-refractivity contribution in [2.24, 2.45) is 0 Å². The quantitative estimate of drug-likeness (QED) is 0.102. The Morgan fingerprint density at radius 2 is 1.62 bits per heavy atom. The lowest BCUT2D eigenvalue weighted by molar-refractivity contribution is -0.254. The zero-order valence-electron chi connectivity index (χ0n) is 23.4. The van der Waals surface area contributed by atoms with Crippen LogP contribution in [0.4, 0.5) is 0 Å². The van der Waals surface area contributed by atoms with Crippen molar-refractivity contribution in [1.29, 1.82) is 0 Å². The Bertz CT molecular complexity index is 1570. The molecule has 42 heavy (non-hydrogen) atoms. The summed E-state index contributed by atoms with van der Waals surface area (Å²) in [5.74, 6) is -0.491. The van der Waals surface area contributed by atoms with Crippen LogP contribution < -0.4 is 15.3 Å². The first-order chi connectivity index (χ1) is 20.2. The van der Waals surface area contributed by atoms with Crippen molar-refractivity contribution in [2.45, 2.75) is 39.3 Å². The molecule has 1 N–H and O–H groups in total. The number of aliphatic hydroxyl groups is 1. The van der Waals surface area contributed by atoms with Crippen LogP contribution in [0.1, 0.15) is 37.6 Å². The van der Waals surface area contributed by atoms with Crippen LogP contribution >= 0.6 is 45.2 Å². The van der Waals surface area contributed by atoms with E-state index in [1.165, 1.54) is 12.1 Å². The molecular weight excluding hydrogens is 786 g/mol. The number of fused-ring (bicyclic) bond motifs is 2. The van der Waals surface area contributed by atoms with Gasteiger partial charge in [0.1, 0.15) is 15.9 Å². The summed E-state index contributed by atoms with van der Waals surface area (Å²) in [7, 11) is -2.91. The van der Waals surface area contributed by atoms with Gasteiger partial charge in [0.05, 0.1) is 15.6 Å². The zero-order valence-corrected chi connectivity index (χ0v) is 28.7. The molecule has 0 bridgehead atoms. The molecule has 1 atom stereocenters. The third kappa shape index (κ3) is 7.00. The van der Waals surface area contributed by atoms with Gasteiger partial charge in [0.2, 0.25) is 0 Å². The van der Waals surface area contributed by atoms with Crippen LogP contribution in [0.15, 0.2) is 57.7 Å². The van der Waals surface area contributed by atoms with Gasteiger partial charge in [-0.05, 0) is 102 Å². The van der Waals surface area contributed by atoms with Crippen LogP contribution in [-0.2, 0) is 13.3 Å². The van der Waals surface area contributed by atoms with Crippen molar-refractivity contribution in [3.05, 3.63) is 71.5 Å². The van der Waals surface area contributed by atoms with Crippen molar-refractivity contribution < 1.29 is 37.4 Å². The van der Waals surface area contributed by atoms with Gasteiger partial charge in [-0.2, -0.15) is 0 Å². The summed E-state index contributed by atoms with van der Waals surface area (Å²) in [4.78, 5) is 24.6. The Morgan fingerprint density at radius 3 is 2.26 bits per heavy atom. The molecule has 0 amide bonds. The van der Waals surface area contributed by atoms with Crippen molar-refractivity contribution in [2.75, 3.05) is 26.4 Å². The molecule has 1 heterocycles. The van der Waals surface area contributed by atoms with Gasteiger partial charge in [-0.1, -0.05) is 24.3 Å². The Morgan fingerprint density at radius 1 is 0.952 bits per heavy atom.